The van der Waals surface area contributed by atoms with Crippen molar-refractivity contribution in [3.05, 3.63) is 12.3 Å². The van der Waals surface area contributed by atoms with E-state index in [0.717, 1.165) is 41.9 Å². The van der Waals surface area contributed by atoms with Crippen molar-refractivity contribution < 1.29 is 0 Å². The fourth-order valence-electron chi connectivity index (χ4n) is 9.29. The van der Waals surface area contributed by atoms with Crippen LogP contribution in [-0.4, -0.2) is 7.05 Å². The van der Waals surface area contributed by atoms with Gasteiger partial charge in [-0.05, 0) is 111 Å². The molecule has 1 nitrogen and oxygen atoms in total. The average molecular weight is 386 g/mol. The number of nitrogens with one attached hydrogen (secondary N) is 1. The van der Waals surface area contributed by atoms with E-state index in [1.165, 1.54) is 69.9 Å². The average Bonchev–Trinajstić information content (AvgIpc) is 3.03. The van der Waals surface area contributed by atoms with Crippen LogP contribution < -0.4 is 5.32 Å². The zero-order valence-corrected chi connectivity index (χ0v) is 19.4. The van der Waals surface area contributed by atoms with Crippen LogP contribution in [0.25, 0.3) is 0 Å². The lowest BCUT2D eigenvalue weighted by Crippen LogP contribution is -2.55. The van der Waals surface area contributed by atoms with Crippen LogP contribution in [0.1, 0.15) is 104 Å². The Morgan fingerprint density at radius 3 is 2.50 bits per heavy atom. The molecule has 1 heteroatoms. The fourth-order valence-corrected chi connectivity index (χ4v) is 9.29. The van der Waals surface area contributed by atoms with E-state index in [-0.39, 0.29) is 0 Å². The molecule has 0 bridgehead atoms. The van der Waals surface area contributed by atoms with E-state index in [4.69, 9.17) is 0 Å². The van der Waals surface area contributed by atoms with E-state index in [1.807, 2.05) is 7.05 Å². The summed E-state index contributed by atoms with van der Waals surface area (Å²) in [4.78, 5) is 0. The smallest absolute Gasteiger partial charge is 0.00310 e. The number of fused-ring (bicyclic) bond motifs is 5. The predicted octanol–water partition coefficient (Wildman–Crippen LogP) is 7.57. The van der Waals surface area contributed by atoms with Crippen LogP contribution in [-0.2, 0) is 0 Å². The Kier molecular flexibility index (Phi) is 5.94. The Hall–Kier alpha value is -0.460. The van der Waals surface area contributed by atoms with E-state index >= 15 is 0 Å². The summed E-state index contributed by atoms with van der Waals surface area (Å²) in [5.74, 6) is 6.15. The summed E-state index contributed by atoms with van der Waals surface area (Å²) in [5, 5.41) is 3.24. The molecule has 0 saturated heterocycles. The number of rotatable bonds is 6. The van der Waals surface area contributed by atoms with Gasteiger partial charge in [-0.3, -0.25) is 0 Å². The second-order valence-electron chi connectivity index (χ2n) is 11.7. The minimum atomic E-state index is 0.637. The molecule has 8 atom stereocenters. The largest absolute Gasteiger partial charge is 0.392 e. The highest BCUT2D eigenvalue weighted by atomic mass is 14.8. The molecule has 160 valence electrons. The van der Waals surface area contributed by atoms with Crippen LogP contribution in [0.4, 0.5) is 0 Å². The van der Waals surface area contributed by atoms with Gasteiger partial charge in [-0.1, -0.05) is 46.6 Å². The molecule has 0 aliphatic heterocycles. The Balaban J connectivity index is 1.50. The van der Waals surface area contributed by atoms with Gasteiger partial charge in [0.1, 0.15) is 0 Å². The molecule has 4 aliphatic carbocycles. The molecule has 1 N–H and O–H groups in total. The molecule has 0 amide bonds. The molecule has 4 saturated carbocycles. The van der Waals surface area contributed by atoms with Gasteiger partial charge in [-0.15, -0.1) is 0 Å². The molecule has 0 aromatic carbocycles. The highest BCUT2D eigenvalue weighted by Crippen LogP contribution is 2.69. The first-order valence-corrected chi connectivity index (χ1v) is 12.8. The first kappa shape index (κ1) is 20.8. The lowest BCUT2D eigenvalue weighted by Gasteiger charge is -2.62. The topological polar surface area (TPSA) is 12.0 Å². The Labute approximate surface area is 175 Å². The van der Waals surface area contributed by atoms with Crippen LogP contribution in [0.5, 0.6) is 0 Å². The van der Waals surface area contributed by atoms with Crippen LogP contribution in [0.3, 0.4) is 0 Å². The van der Waals surface area contributed by atoms with Crippen molar-refractivity contribution >= 4 is 0 Å². The van der Waals surface area contributed by atoms with Crippen molar-refractivity contribution in [2.24, 2.45) is 46.3 Å². The van der Waals surface area contributed by atoms with Crippen LogP contribution in [0.2, 0.25) is 0 Å². The molecule has 5 unspecified atom stereocenters. The first-order valence-electron chi connectivity index (χ1n) is 12.8. The third kappa shape index (κ3) is 3.27. The van der Waals surface area contributed by atoms with E-state index in [1.54, 1.807) is 12.8 Å². The summed E-state index contributed by atoms with van der Waals surface area (Å²) in [7, 11) is 2.02. The maximum absolute atomic E-state index is 4.14. The van der Waals surface area contributed by atoms with Gasteiger partial charge in [0, 0.05) is 12.7 Å². The van der Waals surface area contributed by atoms with Crippen molar-refractivity contribution in [3.63, 3.8) is 0 Å². The summed E-state index contributed by atoms with van der Waals surface area (Å²) < 4.78 is 0. The van der Waals surface area contributed by atoms with E-state index in [9.17, 15) is 0 Å². The van der Waals surface area contributed by atoms with E-state index in [2.05, 4.69) is 32.7 Å². The standard InChI is InChI=1S/C27H47N/c1-6-20-18-22-24-14-13-21(11-9-10-19(2)28-5)26(24,3)17-15-25(22)27(4)16-8-7-12-23(20)27/h20-25,28H,2,6-18H2,1,3-5H3/t20-,21-,22?,23?,24?,25-,26?,27?/m0/s1. The second-order valence-corrected chi connectivity index (χ2v) is 11.7. The van der Waals surface area contributed by atoms with E-state index in [0.29, 0.717) is 10.8 Å². The lowest BCUT2D eigenvalue weighted by molar-refractivity contribution is -0.135. The second kappa shape index (κ2) is 7.99. The Bertz CT molecular complexity index is 567. The van der Waals surface area contributed by atoms with Gasteiger partial charge in [0.05, 0.1) is 0 Å². The molecule has 28 heavy (non-hydrogen) atoms. The van der Waals surface area contributed by atoms with Crippen LogP contribution >= 0.6 is 0 Å². The van der Waals surface area contributed by atoms with Crippen LogP contribution in [0.15, 0.2) is 12.3 Å². The summed E-state index contributed by atoms with van der Waals surface area (Å²) in [6.07, 6.45) is 19.1. The Morgan fingerprint density at radius 1 is 0.964 bits per heavy atom. The van der Waals surface area contributed by atoms with Crippen molar-refractivity contribution in [1.82, 2.24) is 5.32 Å². The van der Waals surface area contributed by atoms with Crippen molar-refractivity contribution in [1.29, 1.82) is 0 Å². The molecule has 4 fully saturated rings. The lowest BCUT2D eigenvalue weighted by atomic mass is 9.42. The predicted molar refractivity (Wildman–Crippen MR) is 121 cm³/mol. The summed E-state index contributed by atoms with van der Waals surface area (Å²) >= 11 is 0. The number of hydrogen-bond acceptors (Lipinski definition) is 1. The normalized spacial score (nSPS) is 47.7. The van der Waals surface area contributed by atoms with Gasteiger partial charge in [-0.2, -0.15) is 0 Å². The van der Waals surface area contributed by atoms with E-state index < -0.39 is 0 Å². The van der Waals surface area contributed by atoms with Gasteiger partial charge in [-0.25, -0.2) is 0 Å². The van der Waals surface area contributed by atoms with Crippen LogP contribution in [0, 0.1) is 46.3 Å². The summed E-state index contributed by atoms with van der Waals surface area (Å²) in [5.41, 5.74) is 2.53. The first-order chi connectivity index (χ1) is 13.4. The SMILES string of the molecule is C=C(CCC[C@H]1CCC2C3C[C@H](CC)C4CCCCC4(C)[C@H]3CCC21C)NC. The zero-order valence-electron chi connectivity index (χ0n) is 19.4. The van der Waals surface area contributed by atoms with Gasteiger partial charge in [0.2, 0.25) is 0 Å². The molecular formula is C27H47N. The fraction of sp³-hybridized carbons (Fsp3) is 0.926. The quantitative estimate of drug-likeness (QED) is 0.497. The third-order valence-corrected chi connectivity index (χ3v) is 10.9. The van der Waals surface area contributed by atoms with Gasteiger partial charge < -0.3 is 5.32 Å². The molecule has 0 radical (unpaired) electrons. The summed E-state index contributed by atoms with van der Waals surface area (Å²) in [6.45, 7) is 12.1. The monoisotopic (exact) mass is 385 g/mol. The number of allylic oxidation sites excluding steroid dienone is 1. The van der Waals surface area contributed by atoms with Crippen molar-refractivity contribution in [2.75, 3.05) is 7.05 Å². The zero-order chi connectivity index (χ0) is 19.9. The minimum absolute atomic E-state index is 0.637. The maximum Gasteiger partial charge on any atom is 0.00310 e. The summed E-state index contributed by atoms with van der Waals surface area (Å²) in [6, 6.07) is 0. The molecule has 4 aliphatic rings. The highest BCUT2D eigenvalue weighted by Gasteiger charge is 2.60. The minimum Gasteiger partial charge on any atom is -0.392 e. The van der Waals surface area contributed by atoms with Gasteiger partial charge in [0.25, 0.3) is 0 Å². The third-order valence-electron chi connectivity index (χ3n) is 10.9. The van der Waals surface area contributed by atoms with Crippen molar-refractivity contribution in [2.45, 2.75) is 104 Å². The molecule has 0 heterocycles. The maximum atomic E-state index is 4.14. The molecule has 4 rings (SSSR count). The van der Waals surface area contributed by atoms with Gasteiger partial charge in [0.15, 0.2) is 0 Å². The van der Waals surface area contributed by atoms with Gasteiger partial charge >= 0.3 is 0 Å². The highest BCUT2D eigenvalue weighted by molar-refractivity contribution is 5.10. The molecular weight excluding hydrogens is 338 g/mol. The Morgan fingerprint density at radius 2 is 1.75 bits per heavy atom. The number of hydrogen-bond donors (Lipinski definition) is 1. The molecule has 0 aromatic rings. The molecule has 0 spiro atoms. The molecule has 0 aromatic heterocycles. The van der Waals surface area contributed by atoms with Crippen molar-refractivity contribution in [3.8, 4) is 0 Å².